The molecule has 55 heavy (non-hydrogen) atoms. The first-order chi connectivity index (χ1) is 27.3. The molecule has 1 heterocycles. The maximum Gasteiger partial charge on any atom is 0.161 e. The highest BCUT2D eigenvalue weighted by atomic mass is 14.9. The van der Waals surface area contributed by atoms with E-state index >= 15 is 0 Å². The summed E-state index contributed by atoms with van der Waals surface area (Å²) in [5.74, 6) is 0.697. The van der Waals surface area contributed by atoms with Crippen molar-refractivity contribution in [2.24, 2.45) is 0 Å². The number of benzene rings is 8. The molecule has 0 unspecified atom stereocenters. The molecular formula is C53H36N2. The van der Waals surface area contributed by atoms with E-state index in [1.807, 2.05) is 12.1 Å². The van der Waals surface area contributed by atoms with Gasteiger partial charge in [-0.25, -0.2) is 9.97 Å². The van der Waals surface area contributed by atoms with Gasteiger partial charge in [-0.3, -0.25) is 0 Å². The number of nitrogens with zero attached hydrogens (tertiary/aromatic N) is 2. The first-order valence-electron chi connectivity index (χ1n) is 18.8. The molecule has 0 amide bonds. The van der Waals surface area contributed by atoms with E-state index in [4.69, 9.17) is 9.97 Å². The fourth-order valence-corrected chi connectivity index (χ4v) is 8.48. The highest BCUT2D eigenvalue weighted by Gasteiger charge is 2.46. The van der Waals surface area contributed by atoms with Gasteiger partial charge in [0.25, 0.3) is 0 Å². The Kier molecular flexibility index (Phi) is 8.08. The summed E-state index contributed by atoms with van der Waals surface area (Å²) in [7, 11) is 0. The van der Waals surface area contributed by atoms with Gasteiger partial charge in [-0.05, 0) is 67.8 Å². The average molecular weight is 701 g/mol. The lowest BCUT2D eigenvalue weighted by Crippen LogP contribution is -2.28. The minimum Gasteiger partial charge on any atom is -0.228 e. The van der Waals surface area contributed by atoms with Crippen molar-refractivity contribution in [1.82, 2.24) is 9.97 Å². The van der Waals surface area contributed by atoms with Crippen LogP contribution in [-0.2, 0) is 5.41 Å². The van der Waals surface area contributed by atoms with Gasteiger partial charge in [0.15, 0.2) is 5.82 Å². The fraction of sp³-hybridized carbons (Fsp3) is 0.0189. The van der Waals surface area contributed by atoms with Gasteiger partial charge < -0.3 is 0 Å². The Labute approximate surface area is 322 Å². The Morgan fingerprint density at radius 1 is 0.273 bits per heavy atom. The third-order valence-corrected chi connectivity index (χ3v) is 11.0. The van der Waals surface area contributed by atoms with Gasteiger partial charge >= 0.3 is 0 Å². The lowest BCUT2D eigenvalue weighted by molar-refractivity contribution is 0.768. The zero-order chi connectivity index (χ0) is 36.6. The van der Waals surface area contributed by atoms with Crippen molar-refractivity contribution in [3.63, 3.8) is 0 Å². The largest absolute Gasteiger partial charge is 0.228 e. The van der Waals surface area contributed by atoms with E-state index in [0.29, 0.717) is 5.82 Å². The third-order valence-electron chi connectivity index (χ3n) is 11.0. The number of aromatic nitrogens is 2. The Bertz CT molecular complexity index is 2740. The number of rotatable bonds is 7. The summed E-state index contributed by atoms with van der Waals surface area (Å²) >= 11 is 0. The molecule has 0 bridgehead atoms. The zero-order valence-electron chi connectivity index (χ0n) is 30.2. The first-order valence-corrected chi connectivity index (χ1v) is 18.8. The Balaban J connectivity index is 1.14. The molecule has 0 atom stereocenters. The standard InChI is InChI=1S/C53H36N2/c1-5-17-37(18-6-1)38-29-31-40(32-30-38)51-36-50(39-19-7-2-8-20-39)54-52(55-51)46-27-14-13-25-44(46)41-33-34-49-47(35-41)45-26-15-16-28-48(45)53(49,42-21-9-3-10-22-42)43-23-11-4-12-24-43/h1-36H. The third kappa shape index (κ3) is 5.59. The lowest BCUT2D eigenvalue weighted by Gasteiger charge is -2.33. The second-order valence-electron chi connectivity index (χ2n) is 14.1. The summed E-state index contributed by atoms with van der Waals surface area (Å²) in [5, 5.41) is 0. The molecule has 0 spiro atoms. The molecule has 1 aromatic heterocycles. The number of hydrogen-bond acceptors (Lipinski definition) is 2. The van der Waals surface area contributed by atoms with Crippen LogP contribution < -0.4 is 0 Å². The Hall–Kier alpha value is -7.16. The molecule has 0 aliphatic heterocycles. The molecule has 2 nitrogen and oxygen atoms in total. The van der Waals surface area contributed by atoms with Gasteiger partial charge in [0.2, 0.25) is 0 Å². The van der Waals surface area contributed by atoms with Crippen molar-refractivity contribution in [3.8, 4) is 67.3 Å². The van der Waals surface area contributed by atoms with Crippen LogP contribution in [0.4, 0.5) is 0 Å². The average Bonchev–Trinajstić information content (AvgIpc) is 3.58. The lowest BCUT2D eigenvalue weighted by atomic mass is 9.67. The van der Waals surface area contributed by atoms with E-state index in [2.05, 4.69) is 206 Å². The van der Waals surface area contributed by atoms with Gasteiger partial charge in [-0.2, -0.15) is 0 Å². The van der Waals surface area contributed by atoms with Crippen LogP contribution in [0, 0.1) is 0 Å². The van der Waals surface area contributed by atoms with Gasteiger partial charge in [-0.15, -0.1) is 0 Å². The smallest absolute Gasteiger partial charge is 0.161 e. The highest BCUT2D eigenvalue weighted by Crippen LogP contribution is 2.56. The van der Waals surface area contributed by atoms with E-state index in [1.165, 1.54) is 44.5 Å². The topological polar surface area (TPSA) is 25.8 Å². The highest BCUT2D eigenvalue weighted by molar-refractivity contribution is 5.91. The van der Waals surface area contributed by atoms with Gasteiger partial charge in [0, 0.05) is 16.7 Å². The van der Waals surface area contributed by atoms with Crippen LogP contribution in [0.3, 0.4) is 0 Å². The second kappa shape index (κ2) is 13.7. The number of fused-ring (bicyclic) bond motifs is 3. The van der Waals surface area contributed by atoms with E-state index in [-0.39, 0.29) is 0 Å². The molecule has 0 saturated heterocycles. The fourth-order valence-electron chi connectivity index (χ4n) is 8.48. The monoisotopic (exact) mass is 700 g/mol. The molecule has 0 fully saturated rings. The summed E-state index contributed by atoms with van der Waals surface area (Å²) in [6.07, 6.45) is 0. The van der Waals surface area contributed by atoms with Crippen molar-refractivity contribution in [2.75, 3.05) is 0 Å². The summed E-state index contributed by atoms with van der Waals surface area (Å²) in [4.78, 5) is 10.5. The van der Waals surface area contributed by atoms with E-state index in [9.17, 15) is 0 Å². The SMILES string of the molecule is c1ccc(-c2ccc(-c3cc(-c4ccccc4)nc(-c4ccccc4-c4ccc5c(c4)-c4ccccc4C5(c4ccccc4)c4ccccc4)n3)cc2)cc1. The van der Waals surface area contributed by atoms with Gasteiger partial charge in [0.05, 0.1) is 16.8 Å². The number of hydrogen-bond donors (Lipinski definition) is 0. The van der Waals surface area contributed by atoms with E-state index in [1.54, 1.807) is 0 Å². The van der Waals surface area contributed by atoms with Gasteiger partial charge in [0.1, 0.15) is 0 Å². The summed E-state index contributed by atoms with van der Waals surface area (Å²) < 4.78 is 0. The minimum atomic E-state index is -0.440. The summed E-state index contributed by atoms with van der Waals surface area (Å²) in [6, 6.07) is 78.1. The molecule has 0 saturated carbocycles. The van der Waals surface area contributed by atoms with Crippen LogP contribution in [0.25, 0.3) is 67.3 Å². The first kappa shape index (κ1) is 32.5. The molecule has 0 radical (unpaired) electrons. The van der Waals surface area contributed by atoms with Crippen molar-refractivity contribution >= 4 is 0 Å². The van der Waals surface area contributed by atoms with E-state index in [0.717, 1.165) is 39.2 Å². The minimum absolute atomic E-state index is 0.440. The predicted molar refractivity (Wildman–Crippen MR) is 227 cm³/mol. The summed E-state index contributed by atoms with van der Waals surface area (Å²) in [5.41, 5.74) is 16.6. The molecule has 8 aromatic carbocycles. The maximum absolute atomic E-state index is 5.29. The predicted octanol–water partition coefficient (Wildman–Crippen LogP) is 13.2. The molecule has 1 aliphatic carbocycles. The zero-order valence-corrected chi connectivity index (χ0v) is 30.2. The molecular weight excluding hydrogens is 665 g/mol. The molecule has 258 valence electrons. The quantitative estimate of drug-likeness (QED) is 0.165. The Morgan fingerprint density at radius 2 is 0.691 bits per heavy atom. The molecule has 10 rings (SSSR count). The maximum atomic E-state index is 5.29. The van der Waals surface area contributed by atoms with Crippen LogP contribution in [0.1, 0.15) is 22.3 Å². The van der Waals surface area contributed by atoms with Crippen molar-refractivity contribution in [2.45, 2.75) is 5.41 Å². The second-order valence-corrected chi connectivity index (χ2v) is 14.1. The van der Waals surface area contributed by atoms with Crippen LogP contribution >= 0.6 is 0 Å². The molecule has 9 aromatic rings. The normalized spacial score (nSPS) is 12.5. The van der Waals surface area contributed by atoms with E-state index < -0.39 is 5.41 Å². The van der Waals surface area contributed by atoms with Crippen molar-refractivity contribution in [3.05, 3.63) is 241 Å². The van der Waals surface area contributed by atoms with Crippen LogP contribution in [0.5, 0.6) is 0 Å². The molecule has 0 N–H and O–H groups in total. The molecule has 1 aliphatic rings. The summed E-state index contributed by atoms with van der Waals surface area (Å²) in [6.45, 7) is 0. The van der Waals surface area contributed by atoms with Crippen molar-refractivity contribution in [1.29, 1.82) is 0 Å². The molecule has 2 heteroatoms. The van der Waals surface area contributed by atoms with Crippen molar-refractivity contribution < 1.29 is 0 Å². The van der Waals surface area contributed by atoms with Crippen LogP contribution in [0.2, 0.25) is 0 Å². The van der Waals surface area contributed by atoms with Crippen LogP contribution in [0.15, 0.2) is 218 Å². The van der Waals surface area contributed by atoms with Gasteiger partial charge in [-0.1, -0.05) is 206 Å². The Morgan fingerprint density at radius 3 is 1.31 bits per heavy atom. The van der Waals surface area contributed by atoms with Crippen LogP contribution in [-0.4, -0.2) is 9.97 Å².